The van der Waals surface area contributed by atoms with Crippen molar-refractivity contribution in [3.05, 3.63) is 35.4 Å². The van der Waals surface area contributed by atoms with Gasteiger partial charge in [-0.1, -0.05) is 12.1 Å². The van der Waals surface area contributed by atoms with Gasteiger partial charge in [0.15, 0.2) is 24.1 Å². The summed E-state index contributed by atoms with van der Waals surface area (Å²) in [5.74, 6) is -0.594. The van der Waals surface area contributed by atoms with Gasteiger partial charge in [0.2, 0.25) is 0 Å². The van der Waals surface area contributed by atoms with Crippen molar-refractivity contribution in [1.29, 1.82) is 0 Å². The van der Waals surface area contributed by atoms with Crippen molar-refractivity contribution < 1.29 is 29.2 Å². The van der Waals surface area contributed by atoms with Crippen LogP contribution >= 0.6 is 0 Å². The maximum absolute atomic E-state index is 12.7. The Kier molecular flexibility index (Phi) is 6.36. The second kappa shape index (κ2) is 8.28. The molecule has 132 valence electrons. The van der Waals surface area contributed by atoms with Crippen LogP contribution < -0.4 is 0 Å². The summed E-state index contributed by atoms with van der Waals surface area (Å²) >= 11 is 0. The van der Waals surface area contributed by atoms with E-state index in [1.54, 1.807) is 13.2 Å². The van der Waals surface area contributed by atoms with E-state index in [0.717, 1.165) is 11.1 Å². The molecule has 1 aliphatic rings. The molecule has 0 spiro atoms. The average Bonchev–Trinajstić information content (AvgIpc) is 2.60. The minimum atomic E-state index is -0.583. The topological polar surface area (TPSA) is 85.2 Å². The number of methoxy groups -OCH3 is 2. The molecule has 0 unspecified atom stereocenters. The molecule has 0 saturated carbocycles. The van der Waals surface area contributed by atoms with E-state index in [2.05, 4.69) is 0 Å². The molecule has 1 aliphatic heterocycles. The summed E-state index contributed by atoms with van der Waals surface area (Å²) in [6.45, 7) is 1.86. The van der Waals surface area contributed by atoms with E-state index in [1.807, 2.05) is 13.0 Å². The number of rotatable bonds is 6. The van der Waals surface area contributed by atoms with Crippen LogP contribution in [-0.4, -0.2) is 42.8 Å². The fraction of sp³-hybridized carbons (Fsp3) is 0.500. The van der Waals surface area contributed by atoms with Crippen molar-refractivity contribution in [2.45, 2.75) is 38.8 Å². The smallest absolute Gasteiger partial charge is 0.183 e. The van der Waals surface area contributed by atoms with E-state index in [0.29, 0.717) is 19.3 Å². The van der Waals surface area contributed by atoms with Gasteiger partial charge in [-0.15, -0.1) is 0 Å². The Bertz CT molecular complexity index is 610. The molecule has 0 amide bonds. The van der Waals surface area contributed by atoms with Crippen molar-refractivity contribution >= 4 is 5.78 Å². The van der Waals surface area contributed by atoms with E-state index in [1.165, 1.54) is 19.2 Å². The van der Waals surface area contributed by atoms with Gasteiger partial charge in [-0.2, -0.15) is 0 Å². The number of benzene rings is 1. The number of phenols is 2. The maximum Gasteiger partial charge on any atom is 0.183 e. The van der Waals surface area contributed by atoms with Crippen LogP contribution in [0.25, 0.3) is 0 Å². The van der Waals surface area contributed by atoms with E-state index < -0.39 is 12.6 Å². The number of carbonyl (C=O) groups is 1. The van der Waals surface area contributed by atoms with Gasteiger partial charge in [0.25, 0.3) is 0 Å². The van der Waals surface area contributed by atoms with Gasteiger partial charge in [-0.05, 0) is 36.6 Å². The van der Waals surface area contributed by atoms with Crippen molar-refractivity contribution in [3.8, 4) is 11.5 Å². The van der Waals surface area contributed by atoms with Gasteiger partial charge in [0.1, 0.15) is 5.78 Å². The van der Waals surface area contributed by atoms with E-state index in [9.17, 15) is 15.0 Å². The Labute approximate surface area is 141 Å². The molecule has 0 radical (unpaired) electrons. The first-order valence-electron chi connectivity index (χ1n) is 7.90. The predicted octanol–water partition coefficient (Wildman–Crippen LogP) is 2.53. The van der Waals surface area contributed by atoms with E-state index in [4.69, 9.17) is 14.2 Å². The van der Waals surface area contributed by atoms with Crippen LogP contribution in [0.4, 0.5) is 0 Å². The molecule has 24 heavy (non-hydrogen) atoms. The lowest BCUT2D eigenvalue weighted by Crippen LogP contribution is -2.40. The number of carbonyl (C=O) groups excluding carboxylic acids is 1. The summed E-state index contributed by atoms with van der Waals surface area (Å²) in [6.07, 6.45) is 2.05. The Balaban J connectivity index is 2.06. The van der Waals surface area contributed by atoms with Gasteiger partial charge in [0.05, 0.1) is 0 Å². The monoisotopic (exact) mass is 336 g/mol. The van der Waals surface area contributed by atoms with E-state index >= 15 is 0 Å². The fourth-order valence-corrected chi connectivity index (χ4v) is 2.93. The molecular formula is C18H24O6. The average molecular weight is 336 g/mol. The van der Waals surface area contributed by atoms with Crippen LogP contribution in [0.2, 0.25) is 0 Å². The van der Waals surface area contributed by atoms with Gasteiger partial charge < -0.3 is 24.4 Å². The molecule has 1 saturated heterocycles. The fourth-order valence-electron chi connectivity index (χ4n) is 2.93. The number of aryl methyl sites for hydroxylation is 1. The summed E-state index contributed by atoms with van der Waals surface area (Å²) in [5, 5.41) is 18.9. The van der Waals surface area contributed by atoms with Gasteiger partial charge in [-0.3, -0.25) is 4.79 Å². The summed E-state index contributed by atoms with van der Waals surface area (Å²) in [7, 11) is 3.08. The van der Waals surface area contributed by atoms with Crippen LogP contribution in [0.3, 0.4) is 0 Å². The highest BCUT2D eigenvalue weighted by Crippen LogP contribution is 2.33. The van der Waals surface area contributed by atoms with Crippen LogP contribution in [0.5, 0.6) is 11.5 Å². The highest BCUT2D eigenvalue weighted by Gasteiger charge is 2.37. The molecule has 1 aromatic rings. The molecule has 2 rings (SSSR count). The lowest BCUT2D eigenvalue weighted by atomic mass is 9.85. The second-order valence-corrected chi connectivity index (χ2v) is 5.74. The van der Waals surface area contributed by atoms with Crippen LogP contribution in [0, 0.1) is 5.92 Å². The number of ether oxygens (including phenoxy) is 3. The number of hydrogen-bond acceptors (Lipinski definition) is 6. The lowest BCUT2D eigenvalue weighted by Gasteiger charge is -2.35. The van der Waals surface area contributed by atoms with Crippen molar-refractivity contribution in [3.63, 3.8) is 0 Å². The standard InChI is InChI=1S/C18H24O6/c1-4-12-13(10-17(22-2)24-18(12)23-3)14(19)7-5-11-6-8-15(20)16(21)9-11/h4,6,8-9,13,17-18,20-21H,5,7,10H2,1-3H3/b12-4+/t13-,17-,18-/m0/s1. The third-order valence-corrected chi connectivity index (χ3v) is 4.28. The first-order chi connectivity index (χ1) is 11.5. The molecule has 6 heteroatoms. The summed E-state index contributed by atoms with van der Waals surface area (Å²) in [6, 6.07) is 4.58. The molecule has 2 N–H and O–H groups in total. The molecule has 0 aliphatic carbocycles. The highest BCUT2D eigenvalue weighted by atomic mass is 16.8. The van der Waals surface area contributed by atoms with Crippen LogP contribution in [0.15, 0.2) is 29.8 Å². The quantitative estimate of drug-likeness (QED) is 0.613. The summed E-state index contributed by atoms with van der Waals surface area (Å²) in [4.78, 5) is 12.7. The molecule has 1 heterocycles. The Morgan fingerprint density at radius 3 is 2.62 bits per heavy atom. The number of hydrogen-bond donors (Lipinski definition) is 2. The molecule has 6 nitrogen and oxygen atoms in total. The molecule has 0 bridgehead atoms. The van der Waals surface area contributed by atoms with Crippen molar-refractivity contribution in [1.82, 2.24) is 0 Å². The molecule has 1 aromatic carbocycles. The second-order valence-electron chi connectivity index (χ2n) is 5.74. The largest absolute Gasteiger partial charge is 0.504 e. The number of allylic oxidation sites excluding steroid dienone is 1. The van der Waals surface area contributed by atoms with Gasteiger partial charge in [0, 0.05) is 33.0 Å². The zero-order valence-corrected chi connectivity index (χ0v) is 14.2. The zero-order chi connectivity index (χ0) is 17.7. The number of phenolic OH excluding ortho intramolecular Hbond substituents is 2. The Morgan fingerprint density at radius 2 is 2.04 bits per heavy atom. The maximum atomic E-state index is 12.7. The zero-order valence-electron chi connectivity index (χ0n) is 14.2. The molecular weight excluding hydrogens is 312 g/mol. The minimum Gasteiger partial charge on any atom is -0.504 e. The predicted molar refractivity (Wildman–Crippen MR) is 87.6 cm³/mol. The first-order valence-corrected chi connectivity index (χ1v) is 7.90. The van der Waals surface area contributed by atoms with E-state index in [-0.39, 0.29) is 23.2 Å². The minimum absolute atomic E-state index is 0.0723. The van der Waals surface area contributed by atoms with Crippen LogP contribution in [-0.2, 0) is 25.4 Å². The summed E-state index contributed by atoms with van der Waals surface area (Å²) in [5.41, 5.74) is 1.60. The molecule has 3 atom stereocenters. The van der Waals surface area contributed by atoms with Crippen molar-refractivity contribution in [2.75, 3.05) is 14.2 Å². The summed E-state index contributed by atoms with van der Waals surface area (Å²) < 4.78 is 16.2. The number of aromatic hydroxyl groups is 2. The van der Waals surface area contributed by atoms with Crippen molar-refractivity contribution in [2.24, 2.45) is 5.92 Å². The normalized spacial score (nSPS) is 25.8. The van der Waals surface area contributed by atoms with Gasteiger partial charge in [-0.25, -0.2) is 0 Å². The Morgan fingerprint density at radius 1 is 1.29 bits per heavy atom. The third-order valence-electron chi connectivity index (χ3n) is 4.28. The third kappa shape index (κ3) is 4.14. The van der Waals surface area contributed by atoms with Crippen LogP contribution in [0.1, 0.15) is 25.3 Å². The highest BCUT2D eigenvalue weighted by molar-refractivity contribution is 5.84. The number of Topliss-reactive ketones (excluding diaryl/α,β-unsaturated/α-hetero) is 1. The van der Waals surface area contributed by atoms with Gasteiger partial charge >= 0.3 is 0 Å². The lowest BCUT2D eigenvalue weighted by molar-refractivity contribution is -0.237. The Hall–Kier alpha value is -1.89. The first kappa shape index (κ1) is 18.4. The molecule has 1 fully saturated rings. The molecule has 0 aromatic heterocycles. The number of ketones is 1. The SMILES string of the molecule is C/C=C1/[C@@H](OC)O[C@H](OC)C[C@@H]1C(=O)CCc1ccc(O)c(O)c1.